The first-order chi connectivity index (χ1) is 10.9. The Hall–Kier alpha value is -1.05. The number of nitrogens with zero attached hydrogens (tertiary/aromatic N) is 2. The van der Waals surface area contributed by atoms with Gasteiger partial charge in [0.05, 0.1) is 4.90 Å². The fraction of sp³-hybridized carbons (Fsp3) is 0.562. The van der Waals surface area contributed by atoms with Crippen molar-refractivity contribution < 1.29 is 13.2 Å². The van der Waals surface area contributed by atoms with Crippen molar-refractivity contribution in [2.24, 2.45) is 0 Å². The molecular weight excluding hydrogens is 332 g/mol. The molecule has 1 heterocycles. The van der Waals surface area contributed by atoms with Crippen LogP contribution in [0, 0.1) is 6.92 Å². The van der Waals surface area contributed by atoms with Gasteiger partial charge >= 0.3 is 0 Å². The predicted molar refractivity (Wildman–Crippen MR) is 94.5 cm³/mol. The monoisotopic (exact) mass is 356 g/mol. The zero-order valence-corrected chi connectivity index (χ0v) is 15.5. The van der Waals surface area contributed by atoms with Gasteiger partial charge in [0.2, 0.25) is 10.0 Å². The van der Waals surface area contributed by atoms with Gasteiger partial charge in [-0.3, -0.25) is 4.79 Å². The van der Waals surface area contributed by atoms with Gasteiger partial charge in [-0.2, -0.15) is 16.1 Å². The molecule has 0 bridgehead atoms. The van der Waals surface area contributed by atoms with Gasteiger partial charge < -0.3 is 4.90 Å². The molecule has 1 aromatic rings. The molecule has 0 unspecified atom stereocenters. The molecule has 0 saturated carbocycles. The topological polar surface area (TPSA) is 57.7 Å². The van der Waals surface area contributed by atoms with E-state index >= 15 is 0 Å². The summed E-state index contributed by atoms with van der Waals surface area (Å²) in [5.41, 5.74) is 1.30. The van der Waals surface area contributed by atoms with Crippen LogP contribution in [-0.4, -0.2) is 61.2 Å². The molecule has 1 saturated heterocycles. The number of rotatable bonds is 5. The van der Waals surface area contributed by atoms with Crippen LogP contribution in [-0.2, 0) is 10.0 Å². The highest BCUT2D eigenvalue weighted by molar-refractivity contribution is 7.99. The van der Waals surface area contributed by atoms with E-state index in [2.05, 4.69) is 0 Å². The highest BCUT2D eigenvalue weighted by Crippen LogP contribution is 2.22. The van der Waals surface area contributed by atoms with Crippen LogP contribution < -0.4 is 0 Å². The van der Waals surface area contributed by atoms with Crippen LogP contribution >= 0.6 is 11.8 Å². The van der Waals surface area contributed by atoms with Gasteiger partial charge in [0, 0.05) is 43.2 Å². The van der Waals surface area contributed by atoms with E-state index in [0.29, 0.717) is 18.7 Å². The van der Waals surface area contributed by atoms with E-state index in [1.54, 1.807) is 12.1 Å². The zero-order valence-electron chi connectivity index (χ0n) is 13.9. The Morgan fingerprint density at radius 2 is 1.83 bits per heavy atom. The predicted octanol–water partition coefficient (Wildman–Crippen LogP) is 2.21. The zero-order chi connectivity index (χ0) is 17.0. The molecule has 7 heteroatoms. The van der Waals surface area contributed by atoms with E-state index in [1.807, 2.05) is 37.4 Å². The lowest BCUT2D eigenvalue weighted by Gasteiger charge is -2.27. The number of benzene rings is 1. The SMILES string of the molecule is CCN(CC)S(=O)(=O)c1ccc(C)c(C(=O)N2CCSCC2)c1. The maximum atomic E-state index is 12.7. The van der Waals surface area contributed by atoms with E-state index in [0.717, 1.165) is 30.2 Å². The second-order valence-corrected chi connectivity index (χ2v) is 8.63. The Morgan fingerprint density at radius 3 is 2.39 bits per heavy atom. The Balaban J connectivity index is 2.37. The molecule has 0 aromatic heterocycles. The van der Waals surface area contributed by atoms with Gasteiger partial charge in [0.15, 0.2) is 0 Å². The molecular formula is C16H24N2O3S2. The van der Waals surface area contributed by atoms with Crippen molar-refractivity contribution in [2.75, 3.05) is 37.7 Å². The minimum Gasteiger partial charge on any atom is -0.337 e. The van der Waals surface area contributed by atoms with Crippen LogP contribution in [0.5, 0.6) is 0 Å². The number of carbonyl (C=O) groups excluding carboxylic acids is 1. The molecule has 23 heavy (non-hydrogen) atoms. The fourth-order valence-electron chi connectivity index (χ4n) is 2.64. The molecule has 128 valence electrons. The molecule has 0 radical (unpaired) electrons. The van der Waals surface area contributed by atoms with Crippen molar-refractivity contribution in [2.45, 2.75) is 25.7 Å². The first-order valence-corrected chi connectivity index (χ1v) is 10.5. The number of sulfonamides is 1. The summed E-state index contributed by atoms with van der Waals surface area (Å²) in [4.78, 5) is 14.7. The molecule has 0 N–H and O–H groups in total. The third kappa shape index (κ3) is 3.89. The maximum Gasteiger partial charge on any atom is 0.254 e. The molecule has 1 aromatic carbocycles. The molecule has 0 spiro atoms. The van der Waals surface area contributed by atoms with Gasteiger partial charge in [-0.1, -0.05) is 19.9 Å². The largest absolute Gasteiger partial charge is 0.337 e. The van der Waals surface area contributed by atoms with Gasteiger partial charge in [-0.25, -0.2) is 8.42 Å². The molecule has 0 aliphatic carbocycles. The smallest absolute Gasteiger partial charge is 0.254 e. The van der Waals surface area contributed by atoms with Crippen LogP contribution in [0.25, 0.3) is 0 Å². The van der Waals surface area contributed by atoms with Crippen LogP contribution in [0.2, 0.25) is 0 Å². The number of aryl methyl sites for hydroxylation is 1. The van der Waals surface area contributed by atoms with Crippen LogP contribution in [0.3, 0.4) is 0 Å². The minimum atomic E-state index is -3.55. The third-order valence-corrected chi connectivity index (χ3v) is 7.07. The number of thioether (sulfide) groups is 1. The molecule has 1 amide bonds. The number of hydrogen-bond acceptors (Lipinski definition) is 4. The standard InChI is InChI=1S/C16H24N2O3S2/c1-4-18(5-2)23(20,21)14-7-6-13(3)15(12-14)16(19)17-8-10-22-11-9-17/h6-7,12H,4-5,8-11H2,1-3H3. The van der Waals surface area contributed by atoms with E-state index in [1.165, 1.54) is 10.4 Å². The van der Waals surface area contributed by atoms with Crippen LogP contribution in [0.1, 0.15) is 29.8 Å². The number of hydrogen-bond donors (Lipinski definition) is 0. The molecule has 1 aliphatic heterocycles. The van der Waals surface area contributed by atoms with Gasteiger partial charge in [0.25, 0.3) is 5.91 Å². The third-order valence-electron chi connectivity index (χ3n) is 4.08. The Bertz CT molecular complexity index is 664. The second kappa shape index (κ2) is 7.68. The lowest BCUT2D eigenvalue weighted by Crippen LogP contribution is -2.38. The number of carbonyl (C=O) groups is 1. The minimum absolute atomic E-state index is 0.0700. The molecule has 1 fully saturated rings. The van der Waals surface area contributed by atoms with Crippen molar-refractivity contribution in [3.05, 3.63) is 29.3 Å². The summed E-state index contributed by atoms with van der Waals surface area (Å²) >= 11 is 1.84. The van der Waals surface area contributed by atoms with E-state index in [-0.39, 0.29) is 10.8 Å². The summed E-state index contributed by atoms with van der Waals surface area (Å²) in [5.74, 6) is 1.80. The highest BCUT2D eigenvalue weighted by atomic mass is 32.2. The lowest BCUT2D eigenvalue weighted by atomic mass is 10.1. The maximum absolute atomic E-state index is 12.7. The van der Waals surface area contributed by atoms with Crippen LogP contribution in [0.4, 0.5) is 0 Å². The first kappa shape index (κ1) is 18.3. The van der Waals surface area contributed by atoms with E-state index in [4.69, 9.17) is 0 Å². The van der Waals surface area contributed by atoms with E-state index < -0.39 is 10.0 Å². The van der Waals surface area contributed by atoms with Crippen molar-refractivity contribution in [1.82, 2.24) is 9.21 Å². The Labute approximate surface area is 143 Å². The average molecular weight is 357 g/mol. The summed E-state index contributed by atoms with van der Waals surface area (Å²) in [6.45, 7) is 7.74. The Morgan fingerprint density at radius 1 is 1.22 bits per heavy atom. The summed E-state index contributed by atoms with van der Waals surface area (Å²) < 4.78 is 26.7. The molecule has 1 aliphatic rings. The summed E-state index contributed by atoms with van der Waals surface area (Å²) in [6.07, 6.45) is 0. The first-order valence-electron chi connectivity index (χ1n) is 7.89. The number of amides is 1. The molecule has 0 atom stereocenters. The van der Waals surface area contributed by atoms with Crippen molar-refractivity contribution in [3.63, 3.8) is 0 Å². The Kier molecular flexibility index (Phi) is 6.11. The van der Waals surface area contributed by atoms with Crippen molar-refractivity contribution in [3.8, 4) is 0 Å². The summed E-state index contributed by atoms with van der Waals surface area (Å²) in [7, 11) is -3.55. The lowest BCUT2D eigenvalue weighted by molar-refractivity contribution is 0.0771. The van der Waals surface area contributed by atoms with Crippen molar-refractivity contribution >= 4 is 27.7 Å². The normalized spacial score (nSPS) is 15.9. The molecule has 5 nitrogen and oxygen atoms in total. The van der Waals surface area contributed by atoms with Gasteiger partial charge in [-0.15, -0.1) is 0 Å². The van der Waals surface area contributed by atoms with Gasteiger partial charge in [-0.05, 0) is 24.6 Å². The average Bonchev–Trinajstić information content (AvgIpc) is 2.56. The van der Waals surface area contributed by atoms with Crippen LogP contribution in [0.15, 0.2) is 23.1 Å². The highest BCUT2D eigenvalue weighted by Gasteiger charge is 2.25. The van der Waals surface area contributed by atoms with E-state index in [9.17, 15) is 13.2 Å². The quantitative estimate of drug-likeness (QED) is 0.812. The summed E-state index contributed by atoms with van der Waals surface area (Å²) in [5, 5.41) is 0. The fourth-order valence-corrected chi connectivity index (χ4v) is 5.03. The van der Waals surface area contributed by atoms with Crippen molar-refractivity contribution in [1.29, 1.82) is 0 Å². The van der Waals surface area contributed by atoms with Gasteiger partial charge in [0.1, 0.15) is 0 Å². The summed E-state index contributed by atoms with van der Waals surface area (Å²) in [6, 6.07) is 4.85. The molecule has 2 rings (SSSR count). The second-order valence-electron chi connectivity index (χ2n) is 5.47.